The molecule has 1 N–H and O–H groups in total. The van der Waals surface area contributed by atoms with Crippen molar-refractivity contribution in [2.75, 3.05) is 13.1 Å². The van der Waals surface area contributed by atoms with Crippen LogP contribution in [0.25, 0.3) is 0 Å². The molecule has 12 heavy (non-hydrogen) atoms. The average Bonchev–Trinajstić information content (AvgIpc) is 2.54. The van der Waals surface area contributed by atoms with E-state index < -0.39 is 0 Å². The normalized spacial score (nSPS) is 24.2. The zero-order chi connectivity index (χ0) is 8.39. The number of hydrogen-bond donors (Lipinski definition) is 1. The van der Waals surface area contributed by atoms with E-state index in [1.165, 1.54) is 12.8 Å². The van der Waals surface area contributed by atoms with Gasteiger partial charge in [-0.05, 0) is 31.0 Å². The summed E-state index contributed by atoms with van der Waals surface area (Å²) in [6.07, 6.45) is 2.38. The molecule has 2 heterocycles. The van der Waals surface area contributed by atoms with E-state index in [1.807, 2.05) is 0 Å². The SMILES string of the molecule is Clc1cc(C2CCCNC2)no1. The first-order chi connectivity index (χ1) is 5.86. The molecule has 1 atom stereocenters. The zero-order valence-electron chi connectivity index (χ0n) is 6.72. The molecular weight excluding hydrogens is 176 g/mol. The Morgan fingerprint density at radius 3 is 3.17 bits per heavy atom. The molecule has 1 aliphatic heterocycles. The van der Waals surface area contributed by atoms with Crippen LogP contribution in [0.3, 0.4) is 0 Å². The summed E-state index contributed by atoms with van der Waals surface area (Å²) >= 11 is 5.63. The summed E-state index contributed by atoms with van der Waals surface area (Å²) in [7, 11) is 0. The van der Waals surface area contributed by atoms with Crippen LogP contribution in [-0.4, -0.2) is 18.2 Å². The first kappa shape index (κ1) is 8.08. The van der Waals surface area contributed by atoms with Crippen molar-refractivity contribution in [2.24, 2.45) is 0 Å². The maximum Gasteiger partial charge on any atom is 0.226 e. The first-order valence-corrected chi connectivity index (χ1v) is 4.57. The Balaban J connectivity index is 2.08. The molecule has 2 rings (SSSR count). The largest absolute Gasteiger partial charge is 0.344 e. The van der Waals surface area contributed by atoms with Crippen LogP contribution in [0.1, 0.15) is 24.5 Å². The van der Waals surface area contributed by atoms with Gasteiger partial charge in [-0.25, -0.2) is 0 Å². The van der Waals surface area contributed by atoms with E-state index in [-0.39, 0.29) is 0 Å². The van der Waals surface area contributed by atoms with Crippen LogP contribution < -0.4 is 5.32 Å². The Morgan fingerprint density at radius 2 is 2.58 bits per heavy atom. The van der Waals surface area contributed by atoms with Gasteiger partial charge in [-0.3, -0.25) is 0 Å². The molecule has 1 aromatic rings. The van der Waals surface area contributed by atoms with Gasteiger partial charge in [0.05, 0.1) is 5.69 Å². The topological polar surface area (TPSA) is 38.1 Å². The van der Waals surface area contributed by atoms with Gasteiger partial charge >= 0.3 is 0 Å². The lowest BCUT2D eigenvalue weighted by Crippen LogP contribution is -2.28. The third kappa shape index (κ3) is 1.62. The van der Waals surface area contributed by atoms with E-state index in [1.54, 1.807) is 6.07 Å². The summed E-state index contributed by atoms with van der Waals surface area (Å²) in [4.78, 5) is 0. The molecule has 3 nitrogen and oxygen atoms in total. The first-order valence-electron chi connectivity index (χ1n) is 4.19. The second-order valence-corrected chi connectivity index (χ2v) is 3.47. The summed E-state index contributed by atoms with van der Waals surface area (Å²) in [6.45, 7) is 2.10. The van der Waals surface area contributed by atoms with Gasteiger partial charge in [0.15, 0.2) is 0 Å². The molecule has 0 aliphatic carbocycles. The maximum atomic E-state index is 5.63. The highest BCUT2D eigenvalue weighted by atomic mass is 35.5. The van der Waals surface area contributed by atoms with Crippen molar-refractivity contribution in [3.63, 3.8) is 0 Å². The van der Waals surface area contributed by atoms with E-state index in [0.29, 0.717) is 11.1 Å². The van der Waals surface area contributed by atoms with Crippen LogP contribution in [0.2, 0.25) is 5.22 Å². The number of nitrogens with zero attached hydrogens (tertiary/aromatic N) is 1. The fourth-order valence-electron chi connectivity index (χ4n) is 1.56. The molecule has 0 aromatic carbocycles. The van der Waals surface area contributed by atoms with Gasteiger partial charge < -0.3 is 9.84 Å². The van der Waals surface area contributed by atoms with E-state index in [0.717, 1.165) is 18.8 Å². The van der Waals surface area contributed by atoms with Crippen LogP contribution in [0, 0.1) is 0 Å². The van der Waals surface area contributed by atoms with Crippen LogP contribution in [0.15, 0.2) is 10.6 Å². The van der Waals surface area contributed by atoms with Gasteiger partial charge in [-0.15, -0.1) is 0 Å². The third-order valence-corrected chi connectivity index (χ3v) is 2.39. The standard InChI is InChI=1S/C8H11ClN2O/c9-8-4-7(11-12-8)6-2-1-3-10-5-6/h4,6,10H,1-3,5H2. The minimum atomic E-state index is 0.385. The molecule has 0 saturated carbocycles. The summed E-state index contributed by atoms with van der Waals surface area (Å²) in [5.74, 6) is 0.481. The molecule has 1 fully saturated rings. The number of halogens is 1. The number of rotatable bonds is 1. The second-order valence-electron chi connectivity index (χ2n) is 3.10. The van der Waals surface area contributed by atoms with Crippen molar-refractivity contribution in [1.29, 1.82) is 0 Å². The Morgan fingerprint density at radius 1 is 1.67 bits per heavy atom. The summed E-state index contributed by atoms with van der Waals surface area (Å²) < 4.78 is 4.81. The molecule has 0 radical (unpaired) electrons. The number of nitrogens with one attached hydrogen (secondary N) is 1. The molecule has 0 bridgehead atoms. The monoisotopic (exact) mass is 186 g/mol. The number of aromatic nitrogens is 1. The summed E-state index contributed by atoms with van der Waals surface area (Å²) in [5, 5.41) is 7.60. The van der Waals surface area contributed by atoms with E-state index in [4.69, 9.17) is 16.1 Å². The fourth-order valence-corrected chi connectivity index (χ4v) is 1.71. The third-order valence-electron chi connectivity index (χ3n) is 2.21. The molecule has 1 unspecified atom stereocenters. The van der Waals surface area contributed by atoms with Crippen molar-refractivity contribution >= 4 is 11.6 Å². The Labute approximate surface area is 76.1 Å². The molecule has 1 saturated heterocycles. The van der Waals surface area contributed by atoms with Crippen molar-refractivity contribution in [3.05, 3.63) is 17.0 Å². The maximum absolute atomic E-state index is 5.63. The Kier molecular flexibility index (Phi) is 2.33. The quantitative estimate of drug-likeness (QED) is 0.727. The molecule has 0 spiro atoms. The smallest absolute Gasteiger partial charge is 0.226 e. The van der Waals surface area contributed by atoms with Gasteiger partial charge in [0.2, 0.25) is 5.22 Å². The van der Waals surface area contributed by atoms with Gasteiger partial charge in [0.1, 0.15) is 0 Å². The minimum Gasteiger partial charge on any atom is -0.344 e. The number of hydrogen-bond acceptors (Lipinski definition) is 3. The second kappa shape index (κ2) is 3.46. The fraction of sp³-hybridized carbons (Fsp3) is 0.625. The highest BCUT2D eigenvalue weighted by Gasteiger charge is 2.18. The van der Waals surface area contributed by atoms with E-state index in [9.17, 15) is 0 Å². The van der Waals surface area contributed by atoms with Crippen molar-refractivity contribution in [1.82, 2.24) is 10.5 Å². The van der Waals surface area contributed by atoms with Crippen LogP contribution in [0.4, 0.5) is 0 Å². The predicted octanol–water partition coefficient (Wildman–Crippen LogP) is 1.79. The van der Waals surface area contributed by atoms with E-state index >= 15 is 0 Å². The summed E-state index contributed by atoms with van der Waals surface area (Å²) in [6, 6.07) is 1.80. The lowest BCUT2D eigenvalue weighted by atomic mass is 9.96. The van der Waals surface area contributed by atoms with Crippen molar-refractivity contribution in [3.8, 4) is 0 Å². The van der Waals surface area contributed by atoms with Gasteiger partial charge in [0.25, 0.3) is 0 Å². The van der Waals surface area contributed by atoms with Gasteiger partial charge in [-0.1, -0.05) is 5.16 Å². The molecule has 66 valence electrons. The van der Waals surface area contributed by atoms with E-state index in [2.05, 4.69) is 10.5 Å². The van der Waals surface area contributed by atoms with Crippen molar-refractivity contribution < 1.29 is 4.52 Å². The minimum absolute atomic E-state index is 0.385. The molecular formula is C8H11ClN2O. The Bertz CT molecular complexity index is 255. The van der Waals surface area contributed by atoms with Crippen LogP contribution >= 0.6 is 11.6 Å². The lowest BCUT2D eigenvalue weighted by Gasteiger charge is -2.19. The zero-order valence-corrected chi connectivity index (χ0v) is 7.47. The highest BCUT2D eigenvalue weighted by molar-refractivity contribution is 6.28. The Hall–Kier alpha value is -0.540. The highest BCUT2D eigenvalue weighted by Crippen LogP contribution is 2.23. The molecule has 1 aromatic heterocycles. The van der Waals surface area contributed by atoms with Crippen molar-refractivity contribution in [2.45, 2.75) is 18.8 Å². The lowest BCUT2D eigenvalue weighted by molar-refractivity contribution is 0.387. The summed E-state index contributed by atoms with van der Waals surface area (Å²) in [5.41, 5.74) is 0.979. The molecule has 0 amide bonds. The average molecular weight is 187 g/mol. The van der Waals surface area contributed by atoms with Crippen LogP contribution in [-0.2, 0) is 0 Å². The number of piperidine rings is 1. The van der Waals surface area contributed by atoms with Crippen LogP contribution in [0.5, 0.6) is 0 Å². The van der Waals surface area contributed by atoms with Gasteiger partial charge in [0, 0.05) is 18.5 Å². The molecule has 1 aliphatic rings. The van der Waals surface area contributed by atoms with Gasteiger partial charge in [-0.2, -0.15) is 0 Å². The molecule has 4 heteroatoms. The predicted molar refractivity (Wildman–Crippen MR) is 46.4 cm³/mol.